The summed E-state index contributed by atoms with van der Waals surface area (Å²) in [6, 6.07) is 0. The number of nitrogens with one attached hydrogen (secondary N) is 1. The van der Waals surface area contributed by atoms with Crippen molar-refractivity contribution in [2.24, 2.45) is 11.8 Å². The van der Waals surface area contributed by atoms with Crippen molar-refractivity contribution in [2.45, 2.75) is 55.6 Å². The van der Waals surface area contributed by atoms with E-state index in [1.54, 1.807) is 0 Å². The van der Waals surface area contributed by atoms with Crippen LogP contribution < -0.4 is 5.32 Å². The molecule has 1 spiro atoms. The van der Waals surface area contributed by atoms with Gasteiger partial charge in [-0.2, -0.15) is 0 Å². The van der Waals surface area contributed by atoms with E-state index in [2.05, 4.69) is 11.4 Å². The van der Waals surface area contributed by atoms with Gasteiger partial charge in [0.2, 0.25) is 11.7 Å². The first-order chi connectivity index (χ1) is 10.5. The van der Waals surface area contributed by atoms with Gasteiger partial charge in [0.05, 0.1) is 12.0 Å². The van der Waals surface area contributed by atoms with Gasteiger partial charge in [0.15, 0.2) is 5.54 Å². The van der Waals surface area contributed by atoms with Crippen LogP contribution in [0.15, 0.2) is 12.2 Å². The Morgan fingerprint density at radius 1 is 1.55 bits per heavy atom. The van der Waals surface area contributed by atoms with Crippen LogP contribution in [0.4, 0.5) is 0 Å². The van der Waals surface area contributed by atoms with Crippen molar-refractivity contribution in [1.82, 2.24) is 5.32 Å². The number of hydrogen-bond donors (Lipinski definition) is 3. The Labute approximate surface area is 129 Å². The van der Waals surface area contributed by atoms with Gasteiger partial charge in [-0.15, -0.1) is 0 Å². The minimum Gasteiger partial charge on any atom is -0.396 e. The summed E-state index contributed by atoms with van der Waals surface area (Å²) in [6.45, 7) is 2.16. The van der Waals surface area contributed by atoms with Gasteiger partial charge in [-0.05, 0) is 32.6 Å². The third-order valence-electron chi connectivity index (χ3n) is 6.03. The van der Waals surface area contributed by atoms with Crippen LogP contribution in [-0.4, -0.2) is 52.4 Å². The molecule has 1 aliphatic carbocycles. The normalized spacial score (nSPS) is 50.4. The van der Waals surface area contributed by atoms with Gasteiger partial charge in [0.1, 0.15) is 12.2 Å². The summed E-state index contributed by atoms with van der Waals surface area (Å²) in [5, 5.41) is 23.4. The Morgan fingerprint density at radius 3 is 2.91 bits per heavy atom. The first-order valence-electron chi connectivity index (χ1n) is 8.12. The second kappa shape index (κ2) is 4.54. The molecule has 6 atom stereocenters. The Balaban J connectivity index is 1.71. The number of allylic oxidation sites excluding steroid dienone is 1. The quantitative estimate of drug-likeness (QED) is 0.505. The number of aliphatic hydroxyl groups excluding tert-OH is 2. The van der Waals surface area contributed by atoms with Crippen LogP contribution in [0.3, 0.4) is 0 Å². The zero-order valence-corrected chi connectivity index (χ0v) is 12.7. The highest BCUT2D eigenvalue weighted by Gasteiger charge is 2.89. The standard InChI is InChI=1S/C16H23NO5/c1-14-11(7-8-18)13(20)17-16(14,15(22-14)9-21-15)12(19)10-5-3-2-4-6-10/h3,5,10-12,18-19H,2,4,6-9H2,1H3,(H,17,20)/t10-,11+,12-,14+,15+,16-/m1/s1. The van der Waals surface area contributed by atoms with E-state index in [1.807, 2.05) is 13.0 Å². The molecule has 0 aromatic heterocycles. The highest BCUT2D eigenvalue weighted by atomic mass is 16.8. The largest absolute Gasteiger partial charge is 0.396 e. The maximum absolute atomic E-state index is 12.5. The van der Waals surface area contributed by atoms with Crippen LogP contribution >= 0.6 is 0 Å². The smallest absolute Gasteiger partial charge is 0.226 e. The first kappa shape index (κ1) is 14.6. The highest BCUT2D eigenvalue weighted by molar-refractivity contribution is 5.86. The molecule has 0 saturated carbocycles. The lowest BCUT2D eigenvalue weighted by Crippen LogP contribution is -2.84. The van der Waals surface area contributed by atoms with Crippen LogP contribution in [0.1, 0.15) is 32.6 Å². The Morgan fingerprint density at radius 2 is 2.32 bits per heavy atom. The lowest BCUT2D eigenvalue weighted by Gasteiger charge is -2.61. The maximum atomic E-state index is 12.5. The molecule has 0 unspecified atom stereocenters. The van der Waals surface area contributed by atoms with Crippen molar-refractivity contribution in [2.75, 3.05) is 13.2 Å². The predicted molar refractivity (Wildman–Crippen MR) is 76.7 cm³/mol. The minimum atomic E-state index is -0.913. The van der Waals surface area contributed by atoms with Gasteiger partial charge in [-0.1, -0.05) is 12.2 Å². The van der Waals surface area contributed by atoms with Crippen molar-refractivity contribution in [3.63, 3.8) is 0 Å². The number of hydrogen-bond acceptors (Lipinski definition) is 5. The summed E-state index contributed by atoms with van der Waals surface area (Å²) in [5.74, 6) is -1.52. The number of ether oxygens (including phenoxy) is 2. The molecular formula is C16H23NO5. The average molecular weight is 309 g/mol. The van der Waals surface area contributed by atoms with Crippen molar-refractivity contribution < 1.29 is 24.5 Å². The molecule has 4 rings (SSSR count). The number of aliphatic hydroxyl groups is 2. The predicted octanol–water partition coefficient (Wildman–Crippen LogP) is 0.0862. The lowest BCUT2D eigenvalue weighted by atomic mass is 9.61. The molecule has 6 nitrogen and oxygen atoms in total. The fraction of sp³-hybridized carbons (Fsp3) is 0.812. The molecule has 3 heterocycles. The molecule has 1 amide bonds. The fourth-order valence-electron chi connectivity index (χ4n) is 4.84. The molecule has 4 aliphatic rings. The van der Waals surface area contributed by atoms with Crippen molar-refractivity contribution in [3.05, 3.63) is 12.2 Å². The molecule has 3 aliphatic heterocycles. The van der Waals surface area contributed by atoms with E-state index in [9.17, 15) is 15.0 Å². The second-order valence-corrected chi connectivity index (χ2v) is 7.08. The molecule has 6 heteroatoms. The molecule has 3 N–H and O–H groups in total. The molecule has 0 bridgehead atoms. The van der Waals surface area contributed by atoms with E-state index in [0.717, 1.165) is 19.3 Å². The van der Waals surface area contributed by atoms with Crippen molar-refractivity contribution >= 4 is 5.91 Å². The second-order valence-electron chi connectivity index (χ2n) is 7.08. The summed E-state index contributed by atoms with van der Waals surface area (Å²) in [6.07, 6.45) is 6.67. The zero-order valence-electron chi connectivity index (χ0n) is 12.7. The maximum Gasteiger partial charge on any atom is 0.226 e. The van der Waals surface area contributed by atoms with Crippen molar-refractivity contribution in [3.8, 4) is 0 Å². The monoisotopic (exact) mass is 309 g/mol. The van der Waals surface area contributed by atoms with Crippen LogP contribution in [0.25, 0.3) is 0 Å². The number of carbonyl (C=O) groups is 1. The summed E-state index contributed by atoms with van der Waals surface area (Å²) in [7, 11) is 0. The van der Waals surface area contributed by atoms with E-state index in [1.165, 1.54) is 0 Å². The molecule has 0 aromatic rings. The average Bonchev–Trinajstić information content (AvgIpc) is 3.28. The van der Waals surface area contributed by atoms with Crippen LogP contribution in [-0.2, 0) is 14.3 Å². The van der Waals surface area contributed by atoms with Crippen LogP contribution in [0.5, 0.6) is 0 Å². The van der Waals surface area contributed by atoms with E-state index in [4.69, 9.17) is 9.47 Å². The molecule has 0 radical (unpaired) electrons. The van der Waals surface area contributed by atoms with Gasteiger partial charge >= 0.3 is 0 Å². The molecule has 0 aromatic carbocycles. The lowest BCUT2D eigenvalue weighted by molar-refractivity contribution is -0.353. The Bertz CT molecular complexity index is 531. The number of carbonyl (C=O) groups excluding carboxylic acids is 1. The van der Waals surface area contributed by atoms with E-state index < -0.39 is 28.9 Å². The number of rotatable bonds is 4. The SMILES string of the molecule is C[C@@]12O[C@@]3(CO3)[C@]1([C@H](O)[C@@H]1C=CCCC1)NC(=O)[C@@H]2CCO. The number of amides is 1. The highest BCUT2D eigenvalue weighted by Crippen LogP contribution is 2.66. The Kier molecular flexibility index (Phi) is 3.02. The summed E-state index contributed by atoms with van der Waals surface area (Å²) < 4.78 is 11.5. The van der Waals surface area contributed by atoms with Gasteiger partial charge in [0.25, 0.3) is 0 Å². The minimum absolute atomic E-state index is 0.00812. The van der Waals surface area contributed by atoms with E-state index in [0.29, 0.717) is 13.0 Å². The van der Waals surface area contributed by atoms with Crippen LogP contribution in [0.2, 0.25) is 0 Å². The first-order valence-corrected chi connectivity index (χ1v) is 8.12. The molecule has 122 valence electrons. The summed E-state index contributed by atoms with van der Waals surface area (Å²) >= 11 is 0. The molecule has 3 saturated heterocycles. The summed E-state index contributed by atoms with van der Waals surface area (Å²) in [5.41, 5.74) is -1.75. The third-order valence-corrected chi connectivity index (χ3v) is 6.03. The molecule has 22 heavy (non-hydrogen) atoms. The van der Waals surface area contributed by atoms with E-state index >= 15 is 0 Å². The third kappa shape index (κ3) is 1.51. The summed E-state index contributed by atoms with van der Waals surface area (Å²) in [4.78, 5) is 12.5. The van der Waals surface area contributed by atoms with Gasteiger partial charge in [0, 0.05) is 12.5 Å². The topological polar surface area (TPSA) is 91.3 Å². The fourth-order valence-corrected chi connectivity index (χ4v) is 4.84. The molecular weight excluding hydrogens is 286 g/mol. The van der Waals surface area contributed by atoms with Gasteiger partial charge in [-0.25, -0.2) is 0 Å². The zero-order chi connectivity index (χ0) is 15.6. The van der Waals surface area contributed by atoms with Gasteiger partial charge < -0.3 is 25.0 Å². The Hall–Kier alpha value is -0.950. The van der Waals surface area contributed by atoms with E-state index in [-0.39, 0.29) is 18.4 Å². The number of epoxide rings is 1. The molecule has 3 fully saturated rings. The van der Waals surface area contributed by atoms with Gasteiger partial charge in [-0.3, -0.25) is 4.79 Å². The van der Waals surface area contributed by atoms with Crippen LogP contribution in [0, 0.1) is 11.8 Å². The number of fused-ring (bicyclic) bond motifs is 2. The van der Waals surface area contributed by atoms with Crippen molar-refractivity contribution in [1.29, 1.82) is 0 Å².